The highest BCUT2D eigenvalue weighted by Gasteiger charge is 2.23. The maximum atomic E-state index is 13.8. The molecule has 106 valence electrons. The van der Waals surface area contributed by atoms with Gasteiger partial charge in [-0.25, -0.2) is 4.39 Å². The van der Waals surface area contributed by atoms with Crippen LogP contribution in [0.5, 0.6) is 0 Å². The Hall–Kier alpha value is -0.930. The molecule has 1 aliphatic heterocycles. The van der Waals surface area contributed by atoms with Crippen molar-refractivity contribution in [3.05, 3.63) is 35.6 Å². The summed E-state index contributed by atoms with van der Waals surface area (Å²) in [7, 11) is 0. The van der Waals surface area contributed by atoms with Gasteiger partial charge in [-0.15, -0.1) is 0 Å². The van der Waals surface area contributed by atoms with E-state index in [2.05, 4.69) is 4.90 Å². The Kier molecular flexibility index (Phi) is 5.34. The first kappa shape index (κ1) is 14.5. The average molecular weight is 265 g/mol. The average Bonchev–Trinajstić information content (AvgIpc) is 2.58. The monoisotopic (exact) mass is 265 g/mol. The Morgan fingerprint density at radius 3 is 2.84 bits per heavy atom. The van der Waals surface area contributed by atoms with E-state index in [0.29, 0.717) is 12.6 Å². The number of halogens is 1. The van der Waals surface area contributed by atoms with Crippen LogP contribution in [0.3, 0.4) is 0 Å². The van der Waals surface area contributed by atoms with E-state index in [-0.39, 0.29) is 11.9 Å². The zero-order chi connectivity index (χ0) is 13.7. The van der Waals surface area contributed by atoms with Gasteiger partial charge in [0, 0.05) is 18.2 Å². The number of benzene rings is 1. The molecule has 1 fully saturated rings. The maximum Gasteiger partial charge on any atom is 0.127 e. The standard InChI is InChI=1S/C16H24FNO/c1-13(19)11-15-8-3-2-6-10-18(15)12-14-7-4-5-9-16(14)17/h4-5,7,9,13,15,19H,2-3,6,8,10-12H2,1H3. The zero-order valence-corrected chi connectivity index (χ0v) is 11.7. The van der Waals surface area contributed by atoms with Crippen molar-refractivity contribution in [3.8, 4) is 0 Å². The summed E-state index contributed by atoms with van der Waals surface area (Å²) >= 11 is 0. The summed E-state index contributed by atoms with van der Waals surface area (Å²) < 4.78 is 13.8. The number of rotatable bonds is 4. The molecule has 1 N–H and O–H groups in total. The molecule has 2 nitrogen and oxygen atoms in total. The molecule has 0 saturated carbocycles. The van der Waals surface area contributed by atoms with Crippen LogP contribution in [-0.4, -0.2) is 28.7 Å². The van der Waals surface area contributed by atoms with Gasteiger partial charge in [0.2, 0.25) is 0 Å². The van der Waals surface area contributed by atoms with Crippen molar-refractivity contribution in [2.24, 2.45) is 0 Å². The van der Waals surface area contributed by atoms with Crippen LogP contribution in [0.15, 0.2) is 24.3 Å². The van der Waals surface area contributed by atoms with Gasteiger partial charge in [0.15, 0.2) is 0 Å². The molecule has 0 spiro atoms. The van der Waals surface area contributed by atoms with Gasteiger partial charge in [0.25, 0.3) is 0 Å². The Balaban J connectivity index is 2.07. The Labute approximate surface area is 115 Å². The molecule has 1 aromatic carbocycles. The Bertz CT molecular complexity index is 394. The summed E-state index contributed by atoms with van der Waals surface area (Å²) in [4.78, 5) is 2.35. The first-order valence-electron chi connectivity index (χ1n) is 7.32. The number of hydrogen-bond acceptors (Lipinski definition) is 2. The summed E-state index contributed by atoms with van der Waals surface area (Å²) in [5.41, 5.74) is 0.764. The van der Waals surface area contributed by atoms with Gasteiger partial charge in [0.05, 0.1) is 6.10 Å². The van der Waals surface area contributed by atoms with Gasteiger partial charge in [-0.05, 0) is 38.8 Å². The molecule has 1 heterocycles. The Morgan fingerprint density at radius 2 is 2.11 bits per heavy atom. The minimum absolute atomic E-state index is 0.123. The third kappa shape index (κ3) is 4.29. The van der Waals surface area contributed by atoms with Gasteiger partial charge in [-0.2, -0.15) is 0 Å². The smallest absolute Gasteiger partial charge is 0.127 e. The fraction of sp³-hybridized carbons (Fsp3) is 0.625. The summed E-state index contributed by atoms with van der Waals surface area (Å²) in [6.07, 6.45) is 5.24. The molecule has 0 amide bonds. The van der Waals surface area contributed by atoms with Gasteiger partial charge in [-0.1, -0.05) is 31.0 Å². The highest BCUT2D eigenvalue weighted by molar-refractivity contribution is 5.17. The molecule has 3 heteroatoms. The summed E-state index contributed by atoms with van der Waals surface area (Å²) in [5.74, 6) is -0.123. The molecule has 0 radical (unpaired) electrons. The van der Waals surface area contributed by atoms with E-state index in [0.717, 1.165) is 24.9 Å². The molecule has 0 bridgehead atoms. The first-order valence-corrected chi connectivity index (χ1v) is 7.32. The fourth-order valence-electron chi connectivity index (χ4n) is 2.95. The molecule has 2 unspecified atom stereocenters. The second-order valence-corrected chi connectivity index (χ2v) is 5.65. The lowest BCUT2D eigenvalue weighted by Gasteiger charge is -2.31. The van der Waals surface area contributed by atoms with Crippen LogP contribution in [-0.2, 0) is 6.54 Å². The molecule has 0 aliphatic carbocycles. The van der Waals surface area contributed by atoms with Crippen molar-refractivity contribution < 1.29 is 9.50 Å². The van der Waals surface area contributed by atoms with Gasteiger partial charge >= 0.3 is 0 Å². The predicted octanol–water partition coefficient (Wildman–Crippen LogP) is 3.34. The number of aliphatic hydroxyl groups is 1. The fourth-order valence-corrected chi connectivity index (χ4v) is 2.95. The van der Waals surface area contributed by atoms with Crippen LogP contribution in [0.4, 0.5) is 4.39 Å². The van der Waals surface area contributed by atoms with E-state index in [4.69, 9.17) is 0 Å². The highest BCUT2D eigenvalue weighted by atomic mass is 19.1. The molecular formula is C16H24FNO. The minimum atomic E-state index is -0.286. The van der Waals surface area contributed by atoms with Crippen LogP contribution >= 0.6 is 0 Å². The highest BCUT2D eigenvalue weighted by Crippen LogP contribution is 2.23. The number of aliphatic hydroxyl groups excluding tert-OH is 1. The third-order valence-electron chi connectivity index (χ3n) is 3.94. The van der Waals surface area contributed by atoms with Crippen molar-refractivity contribution in [2.75, 3.05) is 6.54 Å². The van der Waals surface area contributed by atoms with Crippen LogP contribution in [0.1, 0.15) is 44.6 Å². The van der Waals surface area contributed by atoms with E-state index in [1.54, 1.807) is 6.07 Å². The van der Waals surface area contributed by atoms with E-state index < -0.39 is 0 Å². The second kappa shape index (κ2) is 7.01. The van der Waals surface area contributed by atoms with Crippen molar-refractivity contribution in [1.82, 2.24) is 4.90 Å². The topological polar surface area (TPSA) is 23.5 Å². The van der Waals surface area contributed by atoms with E-state index in [9.17, 15) is 9.50 Å². The van der Waals surface area contributed by atoms with E-state index in [1.807, 2.05) is 19.1 Å². The van der Waals surface area contributed by atoms with Crippen LogP contribution in [0.25, 0.3) is 0 Å². The first-order chi connectivity index (χ1) is 9.16. The largest absolute Gasteiger partial charge is 0.393 e. The van der Waals surface area contributed by atoms with Crippen molar-refractivity contribution in [2.45, 2.75) is 57.7 Å². The SMILES string of the molecule is CC(O)CC1CCCCCN1Cc1ccccc1F. The Morgan fingerprint density at radius 1 is 1.32 bits per heavy atom. The van der Waals surface area contributed by atoms with Crippen molar-refractivity contribution in [3.63, 3.8) is 0 Å². The summed E-state index contributed by atoms with van der Waals surface area (Å²) in [5, 5.41) is 9.63. The van der Waals surface area contributed by atoms with Crippen LogP contribution in [0, 0.1) is 5.82 Å². The molecule has 0 aromatic heterocycles. The maximum absolute atomic E-state index is 13.8. The lowest BCUT2D eigenvalue weighted by Crippen LogP contribution is -2.36. The zero-order valence-electron chi connectivity index (χ0n) is 11.7. The van der Waals surface area contributed by atoms with E-state index >= 15 is 0 Å². The molecule has 1 aromatic rings. The molecule has 2 rings (SSSR count). The summed E-state index contributed by atoms with van der Waals surface area (Å²) in [6.45, 7) is 3.50. The summed E-state index contributed by atoms with van der Waals surface area (Å²) in [6, 6.07) is 7.38. The van der Waals surface area contributed by atoms with Gasteiger partial charge in [0.1, 0.15) is 5.82 Å². The van der Waals surface area contributed by atoms with Crippen LogP contribution in [0.2, 0.25) is 0 Å². The lowest BCUT2D eigenvalue weighted by molar-refractivity contribution is 0.107. The van der Waals surface area contributed by atoms with Gasteiger partial charge < -0.3 is 5.11 Å². The second-order valence-electron chi connectivity index (χ2n) is 5.65. The number of hydrogen-bond donors (Lipinski definition) is 1. The number of nitrogens with zero attached hydrogens (tertiary/aromatic N) is 1. The molecular weight excluding hydrogens is 241 g/mol. The molecule has 1 saturated heterocycles. The quantitative estimate of drug-likeness (QED) is 0.902. The minimum Gasteiger partial charge on any atom is -0.393 e. The predicted molar refractivity (Wildman–Crippen MR) is 75.4 cm³/mol. The van der Waals surface area contributed by atoms with Crippen molar-refractivity contribution >= 4 is 0 Å². The molecule has 1 aliphatic rings. The van der Waals surface area contributed by atoms with Crippen LogP contribution < -0.4 is 0 Å². The normalized spacial score (nSPS) is 23.0. The van der Waals surface area contributed by atoms with Crippen molar-refractivity contribution in [1.29, 1.82) is 0 Å². The lowest BCUT2D eigenvalue weighted by atomic mass is 10.0. The number of likely N-dealkylation sites (tertiary alicyclic amines) is 1. The van der Waals surface area contributed by atoms with Gasteiger partial charge in [-0.3, -0.25) is 4.90 Å². The van der Waals surface area contributed by atoms with E-state index in [1.165, 1.54) is 25.3 Å². The molecule has 19 heavy (non-hydrogen) atoms. The third-order valence-corrected chi connectivity index (χ3v) is 3.94. The molecule has 2 atom stereocenters.